The lowest BCUT2D eigenvalue weighted by Gasteiger charge is -2.21. The van der Waals surface area contributed by atoms with Crippen LogP contribution in [0.1, 0.15) is 31.4 Å². The lowest BCUT2D eigenvalue weighted by atomic mass is 10.2. The second-order valence-corrected chi connectivity index (χ2v) is 8.41. The molecule has 0 spiro atoms. The third-order valence-corrected chi connectivity index (χ3v) is 6.38. The molecule has 1 unspecified atom stereocenters. The van der Waals surface area contributed by atoms with Crippen LogP contribution in [0, 0.1) is 0 Å². The fourth-order valence-electron chi connectivity index (χ4n) is 2.34. The summed E-state index contributed by atoms with van der Waals surface area (Å²) in [5.41, 5.74) is 0.926. The van der Waals surface area contributed by atoms with E-state index in [0.29, 0.717) is 17.5 Å². The Balaban J connectivity index is 1.60. The second-order valence-electron chi connectivity index (χ2n) is 5.55. The number of nitrogens with one attached hydrogen (secondary N) is 3. The van der Waals surface area contributed by atoms with Gasteiger partial charge in [-0.1, -0.05) is 0 Å². The molecule has 112 valence electrons. The molecule has 2 heterocycles. The van der Waals surface area contributed by atoms with Gasteiger partial charge in [0.05, 0.1) is 4.90 Å². The smallest absolute Gasteiger partial charge is 0.242 e. The Kier molecular flexibility index (Phi) is 4.40. The molecule has 1 saturated heterocycles. The summed E-state index contributed by atoms with van der Waals surface area (Å²) in [5.74, 6) is 2.01. The van der Waals surface area contributed by atoms with Crippen LogP contribution in [0.15, 0.2) is 17.2 Å². The quantitative estimate of drug-likeness (QED) is 0.743. The SMILES string of the molecule is O=S(=O)(NC1CCCSC1)c1c[nH]c(CNC2CC2)c1. The van der Waals surface area contributed by atoms with E-state index in [4.69, 9.17) is 0 Å². The Morgan fingerprint density at radius 3 is 2.85 bits per heavy atom. The average molecular weight is 315 g/mol. The van der Waals surface area contributed by atoms with E-state index in [1.54, 1.807) is 12.3 Å². The lowest BCUT2D eigenvalue weighted by molar-refractivity contribution is 0.543. The molecule has 3 N–H and O–H groups in total. The summed E-state index contributed by atoms with van der Waals surface area (Å²) in [4.78, 5) is 3.39. The molecule has 3 rings (SSSR count). The summed E-state index contributed by atoms with van der Waals surface area (Å²) in [6, 6.07) is 2.42. The molecule has 2 fully saturated rings. The van der Waals surface area contributed by atoms with Crippen LogP contribution in [0.3, 0.4) is 0 Å². The van der Waals surface area contributed by atoms with Gasteiger partial charge in [-0.25, -0.2) is 13.1 Å². The minimum absolute atomic E-state index is 0.0710. The van der Waals surface area contributed by atoms with E-state index >= 15 is 0 Å². The van der Waals surface area contributed by atoms with E-state index in [2.05, 4.69) is 15.0 Å². The third kappa shape index (κ3) is 3.78. The summed E-state index contributed by atoms with van der Waals surface area (Å²) in [6.45, 7) is 0.708. The highest BCUT2D eigenvalue weighted by atomic mass is 32.2. The number of H-pyrrole nitrogens is 1. The topological polar surface area (TPSA) is 74.0 Å². The zero-order valence-corrected chi connectivity index (χ0v) is 13.0. The van der Waals surface area contributed by atoms with Crippen molar-refractivity contribution in [2.75, 3.05) is 11.5 Å². The van der Waals surface area contributed by atoms with E-state index in [9.17, 15) is 8.42 Å². The summed E-state index contributed by atoms with van der Waals surface area (Å²) in [7, 11) is -3.38. The number of thioether (sulfide) groups is 1. The number of hydrogen-bond acceptors (Lipinski definition) is 4. The molecule has 1 aromatic heterocycles. The van der Waals surface area contributed by atoms with E-state index < -0.39 is 10.0 Å². The van der Waals surface area contributed by atoms with Crippen LogP contribution in [0.5, 0.6) is 0 Å². The molecule has 0 aromatic carbocycles. The fraction of sp³-hybridized carbons (Fsp3) is 0.692. The molecule has 20 heavy (non-hydrogen) atoms. The third-order valence-electron chi connectivity index (χ3n) is 3.67. The van der Waals surface area contributed by atoms with Crippen molar-refractivity contribution in [3.63, 3.8) is 0 Å². The molecule has 1 aliphatic heterocycles. The minimum Gasteiger partial charge on any atom is -0.363 e. The number of hydrogen-bond donors (Lipinski definition) is 3. The van der Waals surface area contributed by atoms with Crippen LogP contribution in [-0.2, 0) is 16.6 Å². The lowest BCUT2D eigenvalue weighted by Crippen LogP contribution is -2.38. The predicted octanol–water partition coefficient (Wildman–Crippen LogP) is 1.44. The maximum Gasteiger partial charge on any atom is 0.242 e. The summed E-state index contributed by atoms with van der Waals surface area (Å²) < 4.78 is 27.4. The number of sulfonamides is 1. The van der Waals surface area contributed by atoms with E-state index in [0.717, 1.165) is 30.0 Å². The van der Waals surface area contributed by atoms with Crippen LogP contribution >= 0.6 is 11.8 Å². The van der Waals surface area contributed by atoms with Crippen molar-refractivity contribution in [2.45, 2.75) is 49.2 Å². The largest absolute Gasteiger partial charge is 0.363 e. The fourth-order valence-corrected chi connectivity index (χ4v) is 4.80. The predicted molar refractivity (Wildman–Crippen MR) is 81.3 cm³/mol. The van der Waals surface area contributed by atoms with Crippen LogP contribution in [0.25, 0.3) is 0 Å². The monoisotopic (exact) mass is 315 g/mol. The van der Waals surface area contributed by atoms with Crippen molar-refractivity contribution in [1.82, 2.24) is 15.0 Å². The number of aromatic nitrogens is 1. The first kappa shape index (κ1) is 14.4. The van der Waals surface area contributed by atoms with Crippen molar-refractivity contribution in [2.24, 2.45) is 0 Å². The molecule has 1 aliphatic carbocycles. The van der Waals surface area contributed by atoms with Crippen LogP contribution in [-0.4, -0.2) is 37.0 Å². The molecular weight excluding hydrogens is 294 g/mol. The van der Waals surface area contributed by atoms with E-state index in [-0.39, 0.29) is 6.04 Å². The number of aromatic amines is 1. The highest BCUT2D eigenvalue weighted by molar-refractivity contribution is 7.99. The average Bonchev–Trinajstić information content (AvgIpc) is 3.13. The van der Waals surface area contributed by atoms with Crippen molar-refractivity contribution >= 4 is 21.8 Å². The Morgan fingerprint density at radius 2 is 2.15 bits per heavy atom. The maximum absolute atomic E-state index is 12.3. The van der Waals surface area contributed by atoms with Gasteiger partial charge in [0.1, 0.15) is 0 Å². The van der Waals surface area contributed by atoms with Gasteiger partial charge >= 0.3 is 0 Å². The zero-order chi connectivity index (χ0) is 14.0. The van der Waals surface area contributed by atoms with Gasteiger partial charge in [0.25, 0.3) is 0 Å². The number of rotatable bonds is 6. The molecule has 1 atom stereocenters. The van der Waals surface area contributed by atoms with Crippen molar-refractivity contribution < 1.29 is 8.42 Å². The van der Waals surface area contributed by atoms with Gasteiger partial charge < -0.3 is 10.3 Å². The van der Waals surface area contributed by atoms with Crippen LogP contribution in [0.4, 0.5) is 0 Å². The van der Waals surface area contributed by atoms with Gasteiger partial charge in [-0.2, -0.15) is 11.8 Å². The summed E-state index contributed by atoms with van der Waals surface area (Å²) >= 11 is 1.82. The van der Waals surface area contributed by atoms with Crippen molar-refractivity contribution in [1.29, 1.82) is 0 Å². The Hall–Kier alpha value is -0.500. The van der Waals surface area contributed by atoms with Gasteiger partial charge in [-0.05, 0) is 37.5 Å². The van der Waals surface area contributed by atoms with E-state index in [1.807, 2.05) is 11.8 Å². The van der Waals surface area contributed by atoms with Crippen molar-refractivity contribution in [3.8, 4) is 0 Å². The first-order chi connectivity index (χ1) is 9.63. The Morgan fingerprint density at radius 1 is 1.30 bits per heavy atom. The normalized spacial score (nSPS) is 23.9. The van der Waals surface area contributed by atoms with Gasteiger partial charge in [0.15, 0.2) is 0 Å². The Labute approximate surface area is 124 Å². The highest BCUT2D eigenvalue weighted by Gasteiger charge is 2.24. The van der Waals surface area contributed by atoms with Crippen molar-refractivity contribution in [3.05, 3.63) is 18.0 Å². The molecule has 1 saturated carbocycles. The molecule has 1 aromatic rings. The molecule has 5 nitrogen and oxygen atoms in total. The molecular formula is C13H21N3O2S2. The van der Waals surface area contributed by atoms with Gasteiger partial charge in [-0.15, -0.1) is 0 Å². The highest BCUT2D eigenvalue weighted by Crippen LogP contribution is 2.21. The standard InChI is InChI=1S/C13H21N3O2S2/c17-20(18,16-11-2-1-5-19-9-11)13-6-12(15-8-13)7-14-10-3-4-10/h6,8,10-11,14-16H,1-5,7,9H2. The molecule has 7 heteroatoms. The second kappa shape index (κ2) is 6.09. The van der Waals surface area contributed by atoms with E-state index in [1.165, 1.54) is 12.8 Å². The van der Waals surface area contributed by atoms with Gasteiger partial charge in [0.2, 0.25) is 10.0 Å². The first-order valence-electron chi connectivity index (χ1n) is 7.14. The molecule has 0 radical (unpaired) electrons. The minimum atomic E-state index is -3.38. The van der Waals surface area contributed by atoms with Crippen LogP contribution < -0.4 is 10.0 Å². The molecule has 2 aliphatic rings. The molecule has 0 amide bonds. The maximum atomic E-state index is 12.3. The van der Waals surface area contributed by atoms with Crippen LogP contribution in [0.2, 0.25) is 0 Å². The van der Waals surface area contributed by atoms with Gasteiger partial charge in [-0.3, -0.25) is 0 Å². The van der Waals surface area contributed by atoms with Gasteiger partial charge in [0, 0.05) is 36.3 Å². The summed E-state index contributed by atoms with van der Waals surface area (Å²) in [5, 5.41) is 3.37. The first-order valence-corrected chi connectivity index (χ1v) is 9.78. The summed E-state index contributed by atoms with van der Waals surface area (Å²) in [6.07, 6.45) is 6.07. The molecule has 0 bridgehead atoms. The Bertz CT molecular complexity index is 546. The zero-order valence-electron chi connectivity index (χ0n) is 11.4.